The first kappa shape index (κ1) is 21.2. The third-order valence-corrected chi connectivity index (χ3v) is 5.57. The van der Waals surface area contributed by atoms with Gasteiger partial charge in [-0.15, -0.1) is 11.3 Å². The summed E-state index contributed by atoms with van der Waals surface area (Å²) >= 11 is 7.88. The van der Waals surface area contributed by atoms with E-state index in [0.29, 0.717) is 47.8 Å². The summed E-state index contributed by atoms with van der Waals surface area (Å²) in [6.45, 7) is 3.50. The normalized spacial score (nSPS) is 13.1. The molecule has 1 aromatic heterocycles. The van der Waals surface area contributed by atoms with Gasteiger partial charge in [0.1, 0.15) is 12.4 Å². The summed E-state index contributed by atoms with van der Waals surface area (Å²) in [5.41, 5.74) is 2.21. The SMILES string of the molecule is Cc1nc(COc2cccc(/C=C/C(=O)Nc3cc4c(cc3Cl)OCCCO4)c2)cs1. The fourth-order valence-corrected chi connectivity index (χ4v) is 3.76. The number of benzene rings is 2. The quantitative estimate of drug-likeness (QED) is 0.496. The van der Waals surface area contributed by atoms with Gasteiger partial charge < -0.3 is 19.5 Å². The maximum Gasteiger partial charge on any atom is 0.248 e. The van der Waals surface area contributed by atoms with Gasteiger partial charge in [0.15, 0.2) is 11.5 Å². The van der Waals surface area contributed by atoms with Crippen molar-refractivity contribution in [3.05, 3.63) is 69.1 Å². The fraction of sp³-hybridized carbons (Fsp3) is 0.217. The molecule has 0 radical (unpaired) electrons. The molecule has 1 amide bonds. The Morgan fingerprint density at radius 2 is 2.06 bits per heavy atom. The van der Waals surface area contributed by atoms with Crippen LogP contribution in [-0.4, -0.2) is 24.1 Å². The van der Waals surface area contributed by atoms with Crippen molar-refractivity contribution in [1.82, 2.24) is 4.98 Å². The minimum absolute atomic E-state index is 0.305. The maximum absolute atomic E-state index is 12.4. The summed E-state index contributed by atoms with van der Waals surface area (Å²) < 4.78 is 17.1. The number of thiazole rings is 1. The zero-order valence-electron chi connectivity index (χ0n) is 16.9. The third kappa shape index (κ3) is 5.77. The molecule has 2 aromatic carbocycles. The predicted molar refractivity (Wildman–Crippen MR) is 122 cm³/mol. The average Bonchev–Trinajstić information content (AvgIpc) is 3.05. The van der Waals surface area contributed by atoms with E-state index in [1.54, 1.807) is 29.5 Å². The van der Waals surface area contributed by atoms with Crippen molar-refractivity contribution in [1.29, 1.82) is 0 Å². The topological polar surface area (TPSA) is 69.7 Å². The number of hydrogen-bond acceptors (Lipinski definition) is 6. The molecule has 0 unspecified atom stereocenters. The van der Waals surface area contributed by atoms with Crippen molar-refractivity contribution in [2.75, 3.05) is 18.5 Å². The molecular weight excluding hydrogens is 436 g/mol. The van der Waals surface area contributed by atoms with E-state index in [2.05, 4.69) is 10.3 Å². The van der Waals surface area contributed by atoms with Gasteiger partial charge in [0.05, 0.1) is 34.6 Å². The molecule has 2 heterocycles. The number of ether oxygens (including phenoxy) is 3. The molecule has 0 bridgehead atoms. The Morgan fingerprint density at radius 1 is 1.26 bits per heavy atom. The molecule has 8 heteroatoms. The zero-order valence-corrected chi connectivity index (χ0v) is 18.5. The van der Waals surface area contributed by atoms with Crippen LogP contribution in [0.25, 0.3) is 6.08 Å². The van der Waals surface area contributed by atoms with Crippen molar-refractivity contribution >= 4 is 40.6 Å². The molecule has 6 nitrogen and oxygen atoms in total. The molecular formula is C23H21ClN2O4S. The van der Waals surface area contributed by atoms with Crippen LogP contribution in [0.4, 0.5) is 5.69 Å². The summed E-state index contributed by atoms with van der Waals surface area (Å²) in [4.78, 5) is 16.8. The molecule has 1 N–H and O–H groups in total. The number of nitrogens with one attached hydrogen (secondary N) is 1. The van der Waals surface area contributed by atoms with Gasteiger partial charge in [-0.2, -0.15) is 0 Å². The molecule has 0 saturated heterocycles. The Labute approximate surface area is 189 Å². The zero-order chi connectivity index (χ0) is 21.6. The number of carbonyl (C=O) groups is 1. The second kappa shape index (κ2) is 9.85. The number of hydrogen-bond donors (Lipinski definition) is 1. The van der Waals surface area contributed by atoms with E-state index < -0.39 is 0 Å². The molecule has 0 atom stereocenters. The highest BCUT2D eigenvalue weighted by atomic mass is 35.5. The van der Waals surface area contributed by atoms with Crippen LogP contribution in [0.5, 0.6) is 17.2 Å². The van der Waals surface area contributed by atoms with Gasteiger partial charge in [-0.3, -0.25) is 4.79 Å². The van der Waals surface area contributed by atoms with Crippen LogP contribution >= 0.6 is 22.9 Å². The van der Waals surface area contributed by atoms with Crippen molar-refractivity contribution < 1.29 is 19.0 Å². The van der Waals surface area contributed by atoms with Crippen molar-refractivity contribution in [2.24, 2.45) is 0 Å². The van der Waals surface area contributed by atoms with E-state index >= 15 is 0 Å². The van der Waals surface area contributed by atoms with Gasteiger partial charge in [0.2, 0.25) is 5.91 Å². The van der Waals surface area contributed by atoms with E-state index in [0.717, 1.165) is 22.7 Å². The first-order valence-electron chi connectivity index (χ1n) is 9.79. The van der Waals surface area contributed by atoms with E-state index in [1.165, 1.54) is 6.08 Å². The summed E-state index contributed by atoms with van der Waals surface area (Å²) in [6.07, 6.45) is 3.96. The lowest BCUT2D eigenvalue weighted by Crippen LogP contribution is -2.08. The molecule has 0 spiro atoms. The van der Waals surface area contributed by atoms with Crippen LogP contribution in [0.2, 0.25) is 5.02 Å². The molecule has 1 aliphatic heterocycles. The number of anilines is 1. The molecule has 31 heavy (non-hydrogen) atoms. The van der Waals surface area contributed by atoms with Crippen LogP contribution < -0.4 is 19.5 Å². The smallest absolute Gasteiger partial charge is 0.248 e. The van der Waals surface area contributed by atoms with Crippen LogP contribution in [0.1, 0.15) is 22.7 Å². The Kier molecular flexibility index (Phi) is 6.74. The van der Waals surface area contributed by atoms with Crippen molar-refractivity contribution in [2.45, 2.75) is 20.0 Å². The summed E-state index contributed by atoms with van der Waals surface area (Å²) in [6, 6.07) is 10.8. The van der Waals surface area contributed by atoms with Crippen LogP contribution in [-0.2, 0) is 11.4 Å². The number of aromatic nitrogens is 1. The lowest BCUT2D eigenvalue weighted by molar-refractivity contribution is -0.111. The Morgan fingerprint density at radius 3 is 2.84 bits per heavy atom. The highest BCUT2D eigenvalue weighted by molar-refractivity contribution is 7.09. The largest absolute Gasteiger partial charge is 0.490 e. The molecule has 1 aliphatic rings. The summed E-state index contributed by atoms with van der Waals surface area (Å²) in [7, 11) is 0. The molecule has 0 saturated carbocycles. The second-order valence-electron chi connectivity index (χ2n) is 6.87. The number of carbonyl (C=O) groups excluding carboxylic acids is 1. The molecule has 0 aliphatic carbocycles. The van der Waals surface area contributed by atoms with E-state index in [1.807, 2.05) is 36.6 Å². The van der Waals surface area contributed by atoms with Gasteiger partial charge in [-0.25, -0.2) is 4.98 Å². The Bertz CT molecular complexity index is 1110. The van der Waals surface area contributed by atoms with Gasteiger partial charge >= 0.3 is 0 Å². The van der Waals surface area contributed by atoms with Crippen LogP contribution in [0.3, 0.4) is 0 Å². The van der Waals surface area contributed by atoms with E-state index in [9.17, 15) is 4.79 Å². The number of nitrogens with zero attached hydrogens (tertiary/aromatic N) is 1. The maximum atomic E-state index is 12.4. The van der Waals surface area contributed by atoms with E-state index in [-0.39, 0.29) is 5.91 Å². The van der Waals surface area contributed by atoms with Gasteiger partial charge in [0.25, 0.3) is 0 Å². The number of aryl methyl sites for hydroxylation is 1. The average molecular weight is 457 g/mol. The van der Waals surface area contributed by atoms with E-state index in [4.69, 9.17) is 25.8 Å². The Hall–Kier alpha value is -3.03. The van der Waals surface area contributed by atoms with Crippen LogP contribution in [0.15, 0.2) is 47.9 Å². The number of fused-ring (bicyclic) bond motifs is 1. The van der Waals surface area contributed by atoms with Crippen molar-refractivity contribution in [3.8, 4) is 17.2 Å². The summed E-state index contributed by atoms with van der Waals surface area (Å²) in [5.74, 6) is 1.56. The highest BCUT2D eigenvalue weighted by Gasteiger charge is 2.15. The lowest BCUT2D eigenvalue weighted by atomic mass is 10.2. The number of rotatable bonds is 6. The molecule has 4 rings (SSSR count). The number of amides is 1. The fourth-order valence-electron chi connectivity index (χ4n) is 2.97. The van der Waals surface area contributed by atoms with Crippen molar-refractivity contribution in [3.63, 3.8) is 0 Å². The predicted octanol–water partition coefficient (Wildman–Crippen LogP) is 5.50. The molecule has 3 aromatic rings. The third-order valence-electron chi connectivity index (χ3n) is 4.43. The molecule has 0 fully saturated rings. The molecule has 160 valence electrons. The first-order chi connectivity index (χ1) is 15.1. The second-order valence-corrected chi connectivity index (χ2v) is 8.34. The minimum Gasteiger partial charge on any atom is -0.490 e. The van der Waals surface area contributed by atoms with Gasteiger partial charge in [-0.1, -0.05) is 23.7 Å². The minimum atomic E-state index is -0.305. The van der Waals surface area contributed by atoms with Crippen LogP contribution in [0, 0.1) is 6.92 Å². The first-order valence-corrected chi connectivity index (χ1v) is 11.0. The monoisotopic (exact) mass is 456 g/mol. The Balaban J connectivity index is 1.38. The lowest BCUT2D eigenvalue weighted by Gasteiger charge is -2.11. The summed E-state index contributed by atoms with van der Waals surface area (Å²) in [5, 5.41) is 6.16. The van der Waals surface area contributed by atoms with Gasteiger partial charge in [0, 0.05) is 30.0 Å². The number of halogens is 1. The van der Waals surface area contributed by atoms with Gasteiger partial charge in [-0.05, 0) is 30.7 Å². The highest BCUT2D eigenvalue weighted by Crippen LogP contribution is 2.37. The standard InChI is InChI=1S/C23H21ClN2O4S/c1-15-25-17(14-31-15)13-30-18-5-2-4-16(10-18)6-7-23(27)26-20-12-22-21(11-19(20)24)28-8-3-9-29-22/h2,4-7,10-12,14H,3,8-9,13H2,1H3,(H,26,27)/b7-6+.